The Kier molecular flexibility index (Phi) is 2.59. The van der Waals surface area contributed by atoms with E-state index in [1.165, 1.54) is 0 Å². The highest BCUT2D eigenvalue weighted by atomic mass is 19.4. The van der Waals surface area contributed by atoms with Crippen molar-refractivity contribution in [2.24, 2.45) is 5.92 Å². The van der Waals surface area contributed by atoms with E-state index in [1.54, 1.807) is 0 Å². The highest BCUT2D eigenvalue weighted by Gasteiger charge is 2.39. The van der Waals surface area contributed by atoms with Crippen LogP contribution in [0.25, 0.3) is 0 Å². The molecule has 1 N–H and O–H groups in total. The van der Waals surface area contributed by atoms with Crippen molar-refractivity contribution < 1.29 is 18.0 Å². The number of hydrogen-bond donors (Lipinski definition) is 1. The molecule has 1 saturated heterocycles. The number of rotatable bonds is 0. The summed E-state index contributed by atoms with van der Waals surface area (Å²) in [5.74, 6) is -1.63. The van der Waals surface area contributed by atoms with E-state index < -0.39 is 12.1 Å². The van der Waals surface area contributed by atoms with Gasteiger partial charge in [-0.3, -0.25) is 4.79 Å². The van der Waals surface area contributed by atoms with E-state index in [2.05, 4.69) is 5.32 Å². The molecule has 1 unspecified atom stereocenters. The largest absolute Gasteiger partial charge is 0.393 e. The molecule has 1 amide bonds. The topological polar surface area (TPSA) is 29.1 Å². The number of halogens is 3. The predicted octanol–water partition coefficient (Wildman–Crippen LogP) is 1.47. The van der Waals surface area contributed by atoms with Crippen LogP contribution >= 0.6 is 0 Å². The summed E-state index contributed by atoms with van der Waals surface area (Å²) in [4.78, 5) is 10.7. The Morgan fingerprint density at radius 3 is 2.67 bits per heavy atom. The molecule has 0 spiro atoms. The van der Waals surface area contributed by atoms with Crippen molar-refractivity contribution in [1.29, 1.82) is 0 Å². The molecule has 1 rings (SSSR count). The summed E-state index contributed by atoms with van der Waals surface area (Å²) >= 11 is 0. The van der Waals surface area contributed by atoms with Gasteiger partial charge >= 0.3 is 6.18 Å². The number of nitrogens with one attached hydrogen (secondary N) is 1. The third kappa shape index (κ3) is 2.39. The smallest absolute Gasteiger partial charge is 0.355 e. The van der Waals surface area contributed by atoms with Gasteiger partial charge in [0.05, 0.1) is 5.92 Å². The molecule has 1 aliphatic heterocycles. The van der Waals surface area contributed by atoms with Gasteiger partial charge in [-0.05, 0) is 12.8 Å². The molecule has 0 aromatic heterocycles. The normalized spacial score (nSPS) is 26.2. The minimum absolute atomic E-state index is 0.0578. The third-order valence-corrected chi connectivity index (χ3v) is 1.96. The molecule has 0 aromatic rings. The van der Waals surface area contributed by atoms with E-state index in [0.29, 0.717) is 6.42 Å². The zero-order valence-corrected chi connectivity index (χ0v) is 6.45. The summed E-state index contributed by atoms with van der Waals surface area (Å²) in [7, 11) is 0. The van der Waals surface area contributed by atoms with Gasteiger partial charge in [-0.25, -0.2) is 0 Å². The first-order valence-electron chi connectivity index (χ1n) is 3.83. The summed E-state index contributed by atoms with van der Waals surface area (Å²) in [5.41, 5.74) is 0. The molecule has 1 fully saturated rings. The van der Waals surface area contributed by atoms with Gasteiger partial charge in [0.25, 0.3) is 0 Å². The lowest BCUT2D eigenvalue weighted by Gasteiger charge is -2.17. The molecule has 1 atom stereocenters. The summed E-state index contributed by atoms with van der Waals surface area (Å²) < 4.78 is 36.3. The van der Waals surface area contributed by atoms with Gasteiger partial charge in [0.2, 0.25) is 5.91 Å². The number of carbonyl (C=O) groups excluding carboxylic acids is 1. The molecule has 1 aliphatic rings. The molecule has 5 heteroatoms. The van der Waals surface area contributed by atoms with Crippen molar-refractivity contribution >= 4 is 5.91 Å². The van der Waals surface area contributed by atoms with Crippen LogP contribution in [-0.2, 0) is 4.79 Å². The van der Waals surface area contributed by atoms with Crippen LogP contribution in [0.4, 0.5) is 13.2 Å². The van der Waals surface area contributed by atoms with Crippen molar-refractivity contribution in [2.45, 2.75) is 25.4 Å². The van der Waals surface area contributed by atoms with E-state index in [1.807, 2.05) is 0 Å². The quantitative estimate of drug-likeness (QED) is 0.602. The molecule has 0 saturated carbocycles. The number of hydrogen-bond acceptors (Lipinski definition) is 1. The fourth-order valence-corrected chi connectivity index (χ4v) is 1.22. The van der Waals surface area contributed by atoms with Gasteiger partial charge in [0.15, 0.2) is 0 Å². The van der Waals surface area contributed by atoms with Crippen molar-refractivity contribution in [3.05, 3.63) is 0 Å². The molecule has 12 heavy (non-hydrogen) atoms. The van der Waals surface area contributed by atoms with Crippen LogP contribution in [0, 0.1) is 5.92 Å². The van der Waals surface area contributed by atoms with Crippen molar-refractivity contribution in [3.63, 3.8) is 0 Å². The Bertz CT molecular complexity index is 178. The molecule has 0 bridgehead atoms. The van der Waals surface area contributed by atoms with Gasteiger partial charge < -0.3 is 5.32 Å². The second-order valence-corrected chi connectivity index (χ2v) is 2.93. The Hall–Kier alpha value is -0.740. The lowest BCUT2D eigenvalue weighted by molar-refractivity contribution is -0.174. The summed E-state index contributed by atoms with van der Waals surface area (Å²) in [6.45, 7) is -0.262. The van der Waals surface area contributed by atoms with Gasteiger partial charge in [0.1, 0.15) is 0 Å². The summed E-state index contributed by atoms with van der Waals surface area (Å²) in [6, 6.07) is 0. The SMILES string of the molecule is O=C1CCCC(C(F)(F)F)CN1. The van der Waals surface area contributed by atoms with Crippen molar-refractivity contribution in [1.82, 2.24) is 5.32 Å². The molecular weight excluding hydrogens is 171 g/mol. The fraction of sp³-hybridized carbons (Fsp3) is 0.857. The number of amides is 1. The van der Waals surface area contributed by atoms with Crippen LogP contribution in [0.15, 0.2) is 0 Å². The average molecular weight is 181 g/mol. The van der Waals surface area contributed by atoms with Crippen LogP contribution in [0.1, 0.15) is 19.3 Å². The summed E-state index contributed by atoms with van der Waals surface area (Å²) in [6.07, 6.45) is -3.57. The second-order valence-electron chi connectivity index (χ2n) is 2.93. The molecule has 0 aliphatic carbocycles. The third-order valence-electron chi connectivity index (χ3n) is 1.96. The predicted molar refractivity (Wildman–Crippen MR) is 36.4 cm³/mol. The second kappa shape index (κ2) is 3.33. The van der Waals surface area contributed by atoms with E-state index >= 15 is 0 Å². The Morgan fingerprint density at radius 2 is 2.08 bits per heavy atom. The number of alkyl halides is 3. The molecule has 0 radical (unpaired) electrons. The Morgan fingerprint density at radius 1 is 1.42 bits per heavy atom. The van der Waals surface area contributed by atoms with Crippen LogP contribution in [0.2, 0.25) is 0 Å². The lowest BCUT2D eigenvalue weighted by atomic mass is 10.0. The van der Waals surface area contributed by atoms with Crippen LogP contribution in [-0.4, -0.2) is 18.6 Å². The van der Waals surface area contributed by atoms with Crippen LogP contribution < -0.4 is 5.32 Å². The zero-order chi connectivity index (χ0) is 9.19. The molecule has 0 aromatic carbocycles. The van der Waals surface area contributed by atoms with E-state index in [9.17, 15) is 18.0 Å². The van der Waals surface area contributed by atoms with Gasteiger partial charge in [-0.1, -0.05) is 0 Å². The number of carbonyl (C=O) groups is 1. The minimum atomic E-state index is -4.17. The lowest BCUT2D eigenvalue weighted by Crippen LogP contribution is -2.33. The maximum absolute atomic E-state index is 12.1. The van der Waals surface area contributed by atoms with Crippen molar-refractivity contribution in [2.75, 3.05) is 6.54 Å². The van der Waals surface area contributed by atoms with Crippen LogP contribution in [0.3, 0.4) is 0 Å². The zero-order valence-electron chi connectivity index (χ0n) is 6.45. The first-order valence-corrected chi connectivity index (χ1v) is 3.83. The maximum Gasteiger partial charge on any atom is 0.393 e. The first-order chi connectivity index (χ1) is 5.50. The maximum atomic E-state index is 12.1. The van der Waals surface area contributed by atoms with E-state index in [4.69, 9.17) is 0 Å². The molecule has 2 nitrogen and oxygen atoms in total. The first kappa shape index (κ1) is 9.35. The summed E-state index contributed by atoms with van der Waals surface area (Å²) in [5, 5.41) is 2.24. The standard InChI is InChI=1S/C7H10F3NO/c8-7(9,10)5-2-1-3-6(12)11-4-5/h5H,1-4H2,(H,11,12). The average Bonchev–Trinajstić information content (AvgIpc) is 2.11. The highest BCUT2D eigenvalue weighted by Crippen LogP contribution is 2.30. The Balaban J connectivity index is 2.52. The molecular formula is C7H10F3NO. The Labute approximate surface area is 68.1 Å². The highest BCUT2D eigenvalue weighted by molar-refractivity contribution is 5.76. The van der Waals surface area contributed by atoms with Gasteiger partial charge in [-0.2, -0.15) is 13.2 Å². The monoisotopic (exact) mass is 181 g/mol. The van der Waals surface area contributed by atoms with Gasteiger partial charge in [-0.15, -0.1) is 0 Å². The van der Waals surface area contributed by atoms with E-state index in [0.717, 1.165) is 0 Å². The van der Waals surface area contributed by atoms with Gasteiger partial charge in [0, 0.05) is 13.0 Å². The fourth-order valence-electron chi connectivity index (χ4n) is 1.22. The minimum Gasteiger partial charge on any atom is -0.355 e. The van der Waals surface area contributed by atoms with Crippen molar-refractivity contribution in [3.8, 4) is 0 Å². The molecule has 70 valence electrons. The van der Waals surface area contributed by atoms with E-state index in [-0.39, 0.29) is 25.3 Å². The molecule has 1 heterocycles. The van der Waals surface area contributed by atoms with Crippen LogP contribution in [0.5, 0.6) is 0 Å².